The topological polar surface area (TPSA) is 63.6 Å². The van der Waals surface area contributed by atoms with Crippen molar-refractivity contribution in [3.8, 4) is 0 Å². The molecule has 0 radical (unpaired) electrons. The standard InChI is InChI=1S/C27H42O4/c1-7-25(4)16-11-20-19(17-25)9-10-21-26(5,13-8-14-27(20,21)6)18-31-22(28)12-15-24(2,3)23(29)30/h7,11,19,21H,1,8-10,12-18H2,2-6H3,(H,29,30)/t19?,21?,25-,26-,27-/m1/s1. The molecule has 5 atom stereocenters. The van der Waals surface area contributed by atoms with Crippen molar-refractivity contribution in [2.45, 2.75) is 92.4 Å². The van der Waals surface area contributed by atoms with Gasteiger partial charge < -0.3 is 9.84 Å². The minimum atomic E-state index is -0.905. The molecular weight excluding hydrogens is 388 g/mol. The van der Waals surface area contributed by atoms with Crippen molar-refractivity contribution in [3.63, 3.8) is 0 Å². The number of allylic oxidation sites excluding steroid dienone is 3. The van der Waals surface area contributed by atoms with Crippen molar-refractivity contribution in [2.75, 3.05) is 6.61 Å². The third-order valence-electron chi connectivity index (χ3n) is 9.05. The summed E-state index contributed by atoms with van der Waals surface area (Å²) in [4.78, 5) is 23.7. The molecule has 2 fully saturated rings. The maximum absolute atomic E-state index is 12.4. The van der Waals surface area contributed by atoms with Crippen LogP contribution in [0.4, 0.5) is 0 Å². The zero-order valence-corrected chi connectivity index (χ0v) is 20.3. The predicted molar refractivity (Wildman–Crippen MR) is 124 cm³/mol. The summed E-state index contributed by atoms with van der Waals surface area (Å²) in [6, 6.07) is 0. The summed E-state index contributed by atoms with van der Waals surface area (Å²) in [6.07, 6.45) is 13.3. The van der Waals surface area contributed by atoms with Crippen molar-refractivity contribution in [1.82, 2.24) is 0 Å². The molecule has 0 aromatic carbocycles. The number of carbonyl (C=O) groups is 2. The Morgan fingerprint density at radius 3 is 2.61 bits per heavy atom. The van der Waals surface area contributed by atoms with Gasteiger partial charge >= 0.3 is 11.9 Å². The van der Waals surface area contributed by atoms with Crippen LogP contribution in [0.2, 0.25) is 0 Å². The summed E-state index contributed by atoms with van der Waals surface area (Å²) in [7, 11) is 0. The zero-order chi connectivity index (χ0) is 23.1. The van der Waals surface area contributed by atoms with E-state index in [0.29, 0.717) is 24.9 Å². The Labute approximate surface area is 188 Å². The van der Waals surface area contributed by atoms with Crippen molar-refractivity contribution in [1.29, 1.82) is 0 Å². The van der Waals surface area contributed by atoms with Gasteiger partial charge in [-0.25, -0.2) is 0 Å². The molecule has 3 rings (SSSR count). The van der Waals surface area contributed by atoms with Crippen LogP contribution in [0.3, 0.4) is 0 Å². The van der Waals surface area contributed by atoms with Gasteiger partial charge in [-0.15, -0.1) is 6.58 Å². The highest BCUT2D eigenvalue weighted by Gasteiger charge is 2.55. The fourth-order valence-electron chi connectivity index (χ4n) is 6.76. The Morgan fingerprint density at radius 1 is 1.26 bits per heavy atom. The van der Waals surface area contributed by atoms with Gasteiger partial charge in [-0.1, -0.05) is 44.9 Å². The molecule has 0 amide bonds. The Morgan fingerprint density at radius 2 is 1.97 bits per heavy atom. The van der Waals surface area contributed by atoms with Crippen molar-refractivity contribution in [3.05, 3.63) is 24.3 Å². The highest BCUT2D eigenvalue weighted by atomic mass is 16.5. The molecule has 3 aliphatic carbocycles. The second kappa shape index (κ2) is 8.41. The van der Waals surface area contributed by atoms with Crippen LogP contribution >= 0.6 is 0 Å². The number of carboxylic acid groups (broad SMARTS) is 1. The largest absolute Gasteiger partial charge is 0.481 e. The number of ether oxygens (including phenoxy) is 1. The maximum atomic E-state index is 12.4. The molecule has 4 nitrogen and oxygen atoms in total. The first-order valence-electron chi connectivity index (χ1n) is 12.1. The highest BCUT2D eigenvalue weighted by Crippen LogP contribution is 2.63. The van der Waals surface area contributed by atoms with E-state index < -0.39 is 11.4 Å². The van der Waals surface area contributed by atoms with E-state index in [1.165, 1.54) is 25.7 Å². The average Bonchev–Trinajstić information content (AvgIpc) is 2.70. The van der Waals surface area contributed by atoms with Crippen LogP contribution < -0.4 is 0 Å². The lowest BCUT2D eigenvalue weighted by molar-refractivity contribution is -0.154. The Kier molecular flexibility index (Phi) is 6.53. The fraction of sp³-hybridized carbons (Fsp3) is 0.778. The van der Waals surface area contributed by atoms with Crippen LogP contribution in [0, 0.1) is 33.5 Å². The van der Waals surface area contributed by atoms with Crippen LogP contribution in [-0.2, 0) is 14.3 Å². The van der Waals surface area contributed by atoms with Gasteiger partial charge in [0, 0.05) is 11.8 Å². The summed E-state index contributed by atoms with van der Waals surface area (Å²) >= 11 is 0. The molecule has 2 saturated carbocycles. The van der Waals surface area contributed by atoms with Gasteiger partial charge in [0.05, 0.1) is 12.0 Å². The monoisotopic (exact) mass is 430 g/mol. The number of esters is 1. The average molecular weight is 431 g/mol. The van der Waals surface area contributed by atoms with Gasteiger partial charge in [0.25, 0.3) is 0 Å². The van der Waals surface area contributed by atoms with E-state index in [9.17, 15) is 14.7 Å². The molecular formula is C27H42O4. The Bertz CT molecular complexity index is 765. The first-order valence-corrected chi connectivity index (χ1v) is 12.1. The zero-order valence-electron chi connectivity index (χ0n) is 20.3. The smallest absolute Gasteiger partial charge is 0.309 e. The Balaban J connectivity index is 1.69. The maximum Gasteiger partial charge on any atom is 0.309 e. The van der Waals surface area contributed by atoms with Crippen LogP contribution in [-0.4, -0.2) is 23.7 Å². The molecule has 0 heterocycles. The first kappa shape index (κ1) is 24.1. The molecule has 0 spiro atoms. The van der Waals surface area contributed by atoms with Crippen molar-refractivity contribution in [2.24, 2.45) is 33.5 Å². The summed E-state index contributed by atoms with van der Waals surface area (Å²) < 4.78 is 5.78. The SMILES string of the molecule is C=C[C@]1(C)CC=C2C(CCC3[C@@](C)(COC(=O)CCC(C)(C)C(=O)O)CCC[C@]23C)C1. The number of hydrogen-bond acceptors (Lipinski definition) is 3. The van der Waals surface area contributed by atoms with Gasteiger partial charge in [-0.05, 0) is 81.5 Å². The normalized spacial score (nSPS) is 37.8. The first-order chi connectivity index (χ1) is 14.4. The fourth-order valence-corrected chi connectivity index (χ4v) is 6.76. The summed E-state index contributed by atoms with van der Waals surface area (Å²) in [5.74, 6) is 0.0317. The third kappa shape index (κ3) is 4.64. The van der Waals surface area contributed by atoms with Gasteiger partial charge in [-0.2, -0.15) is 0 Å². The molecule has 4 heteroatoms. The lowest BCUT2D eigenvalue weighted by Crippen LogP contribution is -2.51. The minimum absolute atomic E-state index is 0.0179. The van der Waals surface area contributed by atoms with E-state index in [-0.39, 0.29) is 28.6 Å². The van der Waals surface area contributed by atoms with Crippen molar-refractivity contribution >= 4 is 11.9 Å². The van der Waals surface area contributed by atoms with E-state index >= 15 is 0 Å². The van der Waals surface area contributed by atoms with E-state index in [4.69, 9.17) is 4.74 Å². The second-order valence-electron chi connectivity index (χ2n) is 12.0. The molecule has 1 N–H and O–H groups in total. The minimum Gasteiger partial charge on any atom is -0.481 e. The van der Waals surface area contributed by atoms with E-state index in [0.717, 1.165) is 19.3 Å². The molecule has 0 saturated heterocycles. The number of carboxylic acids is 1. The number of aliphatic carboxylic acids is 1. The number of hydrogen-bond donors (Lipinski definition) is 1. The quantitative estimate of drug-likeness (QED) is 0.367. The molecule has 0 aromatic heterocycles. The summed E-state index contributed by atoms with van der Waals surface area (Å²) in [5, 5.41) is 9.27. The molecule has 174 valence electrons. The van der Waals surface area contributed by atoms with Crippen LogP contribution in [0.25, 0.3) is 0 Å². The molecule has 0 aromatic rings. The van der Waals surface area contributed by atoms with E-state index in [2.05, 4.69) is 39.5 Å². The summed E-state index contributed by atoms with van der Waals surface area (Å²) in [6.45, 7) is 14.9. The van der Waals surface area contributed by atoms with E-state index in [1.807, 2.05) is 0 Å². The van der Waals surface area contributed by atoms with Crippen LogP contribution in [0.1, 0.15) is 92.4 Å². The summed E-state index contributed by atoms with van der Waals surface area (Å²) in [5.41, 5.74) is 1.14. The molecule has 0 bridgehead atoms. The van der Waals surface area contributed by atoms with Crippen LogP contribution in [0.5, 0.6) is 0 Å². The number of rotatable bonds is 7. The molecule has 2 unspecified atom stereocenters. The third-order valence-corrected chi connectivity index (χ3v) is 9.05. The van der Waals surface area contributed by atoms with Gasteiger partial charge in [0.2, 0.25) is 0 Å². The number of carbonyl (C=O) groups excluding carboxylic acids is 1. The van der Waals surface area contributed by atoms with Crippen LogP contribution in [0.15, 0.2) is 24.3 Å². The van der Waals surface area contributed by atoms with Crippen molar-refractivity contribution < 1.29 is 19.4 Å². The predicted octanol–water partition coefficient (Wildman–Crippen LogP) is 6.56. The molecule has 0 aliphatic heterocycles. The number of fused-ring (bicyclic) bond motifs is 3. The van der Waals surface area contributed by atoms with Gasteiger partial charge in [0.15, 0.2) is 0 Å². The molecule has 3 aliphatic rings. The lowest BCUT2D eigenvalue weighted by Gasteiger charge is -2.59. The van der Waals surface area contributed by atoms with Gasteiger partial charge in [0.1, 0.15) is 0 Å². The molecule has 31 heavy (non-hydrogen) atoms. The van der Waals surface area contributed by atoms with Gasteiger partial charge in [-0.3, -0.25) is 9.59 Å². The Hall–Kier alpha value is -1.58. The lowest BCUT2D eigenvalue weighted by atomic mass is 9.46. The highest BCUT2D eigenvalue weighted by molar-refractivity contribution is 5.75. The van der Waals surface area contributed by atoms with E-state index in [1.54, 1.807) is 19.4 Å². The second-order valence-corrected chi connectivity index (χ2v) is 12.0.